The molecule has 0 aliphatic heterocycles. The minimum atomic E-state index is -0.464. The van der Waals surface area contributed by atoms with Crippen molar-refractivity contribution < 1.29 is 13.6 Å². The van der Waals surface area contributed by atoms with Crippen LogP contribution in [-0.4, -0.2) is 12.5 Å². The Morgan fingerprint density at radius 3 is 2.38 bits per heavy atom. The topological polar surface area (TPSA) is 72.5 Å². The minimum Gasteiger partial charge on any atom is -0.461 e. The first-order valence-corrected chi connectivity index (χ1v) is 9.00. The van der Waals surface area contributed by atoms with Crippen LogP contribution in [0.4, 0.5) is 0 Å². The fraction of sp³-hybridized carbons (Fsp3) is 0.429. The van der Waals surface area contributed by atoms with Crippen molar-refractivity contribution in [3.8, 4) is 0 Å². The third-order valence-electron chi connectivity index (χ3n) is 4.96. The minimum absolute atomic E-state index is 0.0314. The molecule has 0 radical (unpaired) electrons. The van der Waals surface area contributed by atoms with Crippen molar-refractivity contribution in [3.63, 3.8) is 0 Å². The molecule has 1 N–H and O–H groups in total. The van der Waals surface area contributed by atoms with Crippen LogP contribution in [0.5, 0.6) is 0 Å². The zero-order valence-electron chi connectivity index (χ0n) is 16.0. The molecule has 0 bridgehead atoms. The molecule has 0 unspecified atom stereocenters. The van der Waals surface area contributed by atoms with Gasteiger partial charge in [-0.05, 0) is 50.3 Å². The molecule has 3 rings (SSSR count). The number of nitrogens with one attached hydrogen (secondary N) is 1. The second kappa shape index (κ2) is 6.98. The van der Waals surface area contributed by atoms with E-state index >= 15 is 0 Å². The van der Waals surface area contributed by atoms with Crippen molar-refractivity contribution in [2.45, 2.75) is 47.5 Å². The van der Waals surface area contributed by atoms with E-state index in [4.69, 9.17) is 8.83 Å². The van der Waals surface area contributed by atoms with Crippen LogP contribution < -0.4 is 10.9 Å². The van der Waals surface area contributed by atoms with Gasteiger partial charge < -0.3 is 14.2 Å². The summed E-state index contributed by atoms with van der Waals surface area (Å²) in [6.45, 7) is 10.6. The molecule has 0 aliphatic carbocycles. The summed E-state index contributed by atoms with van der Waals surface area (Å²) in [7, 11) is 0. The number of amides is 1. The van der Waals surface area contributed by atoms with E-state index in [0.717, 1.165) is 34.1 Å². The Kier molecular flexibility index (Phi) is 4.90. The molecule has 0 saturated carbocycles. The maximum absolute atomic E-state index is 12.4. The second-order valence-electron chi connectivity index (χ2n) is 7.33. The molecule has 138 valence electrons. The van der Waals surface area contributed by atoms with E-state index in [9.17, 15) is 9.59 Å². The van der Waals surface area contributed by atoms with Crippen LogP contribution >= 0.6 is 0 Å². The lowest BCUT2D eigenvalue weighted by Gasteiger charge is -2.09. The van der Waals surface area contributed by atoms with Gasteiger partial charge in [-0.25, -0.2) is 4.79 Å². The first-order valence-electron chi connectivity index (χ1n) is 9.00. The largest absolute Gasteiger partial charge is 0.461 e. The van der Waals surface area contributed by atoms with Gasteiger partial charge in [0.1, 0.15) is 16.9 Å². The van der Waals surface area contributed by atoms with Crippen molar-refractivity contribution in [3.05, 3.63) is 45.0 Å². The molecule has 0 saturated heterocycles. The van der Waals surface area contributed by atoms with Gasteiger partial charge in [0.15, 0.2) is 0 Å². The summed E-state index contributed by atoms with van der Waals surface area (Å²) in [6, 6.07) is 3.74. The van der Waals surface area contributed by atoms with Gasteiger partial charge in [-0.15, -0.1) is 0 Å². The molecular formula is C21H25NO4. The van der Waals surface area contributed by atoms with E-state index in [-0.39, 0.29) is 12.3 Å². The van der Waals surface area contributed by atoms with E-state index in [2.05, 4.69) is 19.2 Å². The van der Waals surface area contributed by atoms with Gasteiger partial charge in [0.2, 0.25) is 5.91 Å². The molecule has 0 fully saturated rings. The number of fused-ring (bicyclic) bond motifs is 2. The van der Waals surface area contributed by atoms with E-state index < -0.39 is 5.63 Å². The Labute approximate surface area is 152 Å². The Morgan fingerprint density at radius 2 is 1.69 bits per heavy atom. The predicted octanol–water partition coefficient (Wildman–Crippen LogP) is 4.17. The molecule has 2 aromatic heterocycles. The van der Waals surface area contributed by atoms with Crippen molar-refractivity contribution in [2.75, 3.05) is 6.54 Å². The Balaban J connectivity index is 1.98. The summed E-state index contributed by atoms with van der Waals surface area (Å²) in [5, 5.41) is 4.71. The van der Waals surface area contributed by atoms with Gasteiger partial charge in [0, 0.05) is 23.4 Å². The standard InChI is InChI=1S/C21H25NO4/c1-11(2)6-7-22-20(23)9-17-13(4)16-8-15-12(3)14(5)25-18(15)10-19(16)26-21(17)24/h8,10-11H,6-7,9H2,1-5H3,(H,22,23). The van der Waals surface area contributed by atoms with Gasteiger partial charge in [0.05, 0.1) is 12.0 Å². The van der Waals surface area contributed by atoms with Crippen LogP contribution in [0, 0.1) is 26.7 Å². The Morgan fingerprint density at radius 1 is 1.04 bits per heavy atom. The zero-order valence-corrected chi connectivity index (χ0v) is 16.0. The van der Waals surface area contributed by atoms with Crippen LogP contribution in [0.1, 0.15) is 42.7 Å². The van der Waals surface area contributed by atoms with Gasteiger partial charge in [-0.3, -0.25) is 4.79 Å². The fourth-order valence-electron chi connectivity index (χ4n) is 3.15. The average Bonchev–Trinajstić information content (AvgIpc) is 2.83. The highest BCUT2D eigenvalue weighted by Crippen LogP contribution is 2.30. The first-order chi connectivity index (χ1) is 12.3. The molecule has 3 aromatic rings. The summed E-state index contributed by atoms with van der Waals surface area (Å²) in [4.78, 5) is 24.6. The number of hydrogen-bond acceptors (Lipinski definition) is 4. The number of hydrogen-bond donors (Lipinski definition) is 1. The monoisotopic (exact) mass is 355 g/mol. The maximum Gasteiger partial charge on any atom is 0.340 e. The van der Waals surface area contributed by atoms with Gasteiger partial charge >= 0.3 is 5.63 Å². The van der Waals surface area contributed by atoms with Crippen LogP contribution in [0.2, 0.25) is 0 Å². The number of benzene rings is 1. The number of furan rings is 1. The normalized spacial score (nSPS) is 11.6. The number of aryl methyl sites for hydroxylation is 3. The van der Waals surface area contributed by atoms with Crippen LogP contribution in [0.25, 0.3) is 21.9 Å². The predicted molar refractivity (Wildman–Crippen MR) is 103 cm³/mol. The van der Waals surface area contributed by atoms with Gasteiger partial charge in [-0.2, -0.15) is 0 Å². The molecule has 1 amide bonds. The molecule has 2 heterocycles. The molecule has 0 aliphatic rings. The number of carbonyl (C=O) groups excluding carboxylic acids is 1. The molecule has 5 nitrogen and oxygen atoms in total. The summed E-state index contributed by atoms with van der Waals surface area (Å²) >= 11 is 0. The summed E-state index contributed by atoms with van der Waals surface area (Å²) in [5.74, 6) is 1.21. The van der Waals surface area contributed by atoms with E-state index in [1.165, 1.54) is 0 Å². The van der Waals surface area contributed by atoms with Gasteiger partial charge in [-0.1, -0.05) is 13.8 Å². The summed E-state index contributed by atoms with van der Waals surface area (Å²) < 4.78 is 11.2. The van der Waals surface area contributed by atoms with E-state index in [0.29, 0.717) is 29.2 Å². The van der Waals surface area contributed by atoms with Crippen molar-refractivity contribution in [2.24, 2.45) is 5.92 Å². The van der Waals surface area contributed by atoms with E-state index in [1.54, 1.807) is 6.07 Å². The summed E-state index contributed by atoms with van der Waals surface area (Å²) in [6.07, 6.45) is 0.942. The Hall–Kier alpha value is -2.56. The first kappa shape index (κ1) is 18.2. The highest BCUT2D eigenvalue weighted by Gasteiger charge is 2.17. The molecule has 26 heavy (non-hydrogen) atoms. The third-order valence-corrected chi connectivity index (χ3v) is 4.96. The molecule has 1 aromatic carbocycles. The molecule has 0 atom stereocenters. The SMILES string of the molecule is Cc1oc2cc3oc(=O)c(CC(=O)NCCC(C)C)c(C)c3cc2c1C. The molecular weight excluding hydrogens is 330 g/mol. The van der Waals surface area contributed by atoms with Crippen molar-refractivity contribution >= 4 is 27.8 Å². The van der Waals surface area contributed by atoms with Crippen LogP contribution in [0.3, 0.4) is 0 Å². The second-order valence-corrected chi connectivity index (χ2v) is 7.33. The van der Waals surface area contributed by atoms with E-state index in [1.807, 2.05) is 26.8 Å². The van der Waals surface area contributed by atoms with Crippen LogP contribution in [-0.2, 0) is 11.2 Å². The third kappa shape index (κ3) is 3.39. The van der Waals surface area contributed by atoms with Gasteiger partial charge in [0.25, 0.3) is 0 Å². The quantitative estimate of drug-likeness (QED) is 0.697. The smallest absolute Gasteiger partial charge is 0.340 e. The fourth-order valence-corrected chi connectivity index (χ4v) is 3.15. The molecule has 0 spiro atoms. The highest BCUT2D eigenvalue weighted by atomic mass is 16.4. The summed E-state index contributed by atoms with van der Waals surface area (Å²) in [5.41, 5.74) is 2.99. The van der Waals surface area contributed by atoms with Crippen molar-refractivity contribution in [1.29, 1.82) is 0 Å². The zero-order chi connectivity index (χ0) is 19.0. The van der Waals surface area contributed by atoms with Crippen molar-refractivity contribution in [1.82, 2.24) is 5.32 Å². The van der Waals surface area contributed by atoms with Crippen LogP contribution in [0.15, 0.2) is 25.8 Å². The lowest BCUT2D eigenvalue weighted by molar-refractivity contribution is -0.120. The number of carbonyl (C=O) groups is 1. The lowest BCUT2D eigenvalue weighted by Crippen LogP contribution is -2.29. The average molecular weight is 355 g/mol. The number of rotatable bonds is 5. The maximum atomic E-state index is 12.4. The lowest BCUT2D eigenvalue weighted by atomic mass is 10.0. The highest BCUT2D eigenvalue weighted by molar-refractivity contribution is 5.97. The Bertz CT molecular complexity index is 1040. The molecule has 5 heteroatoms.